The molecule has 1 aromatic carbocycles. The van der Waals surface area contributed by atoms with Gasteiger partial charge in [0, 0.05) is 17.3 Å². The van der Waals surface area contributed by atoms with Crippen molar-refractivity contribution >= 4 is 6.21 Å². The van der Waals surface area contributed by atoms with Gasteiger partial charge in [-0.2, -0.15) is 0 Å². The highest BCUT2D eigenvalue weighted by molar-refractivity contribution is 5.85. The van der Waals surface area contributed by atoms with Crippen LogP contribution in [-0.4, -0.2) is 28.6 Å². The van der Waals surface area contributed by atoms with Crippen molar-refractivity contribution in [2.45, 2.75) is 90.2 Å². The molecular weight excluding hydrogens is 298 g/mol. The zero-order chi connectivity index (χ0) is 18.1. The molecule has 1 saturated carbocycles. The smallest absolute Gasteiger partial charge is 0.128 e. The molecule has 0 heterocycles. The molecule has 0 bridgehead atoms. The van der Waals surface area contributed by atoms with E-state index in [2.05, 4.69) is 52.6 Å². The fourth-order valence-electron chi connectivity index (χ4n) is 3.20. The van der Waals surface area contributed by atoms with Gasteiger partial charge in [0.05, 0.1) is 12.1 Å². The quantitative estimate of drug-likeness (QED) is 0.771. The molecule has 3 heteroatoms. The second-order valence-electron chi connectivity index (χ2n) is 9.16. The molecule has 1 aromatic rings. The van der Waals surface area contributed by atoms with Crippen molar-refractivity contribution in [1.29, 1.82) is 0 Å². The molecule has 0 saturated heterocycles. The summed E-state index contributed by atoms with van der Waals surface area (Å²) in [4.78, 5) is 4.61. The fraction of sp³-hybridized carbons (Fsp3) is 0.667. The van der Waals surface area contributed by atoms with Gasteiger partial charge in [-0.05, 0) is 35.3 Å². The SMILES string of the molecule is CC(C)(C)c1cc(C=N[C@H]2CCCC[C@H]2O)c(O)c(C(C)(C)C)c1. The first kappa shape index (κ1) is 19.0. The number of benzene rings is 1. The van der Waals surface area contributed by atoms with Crippen LogP contribution in [0.15, 0.2) is 17.1 Å². The van der Waals surface area contributed by atoms with Crippen LogP contribution in [0.25, 0.3) is 0 Å². The number of rotatable bonds is 2. The maximum absolute atomic E-state index is 10.8. The number of hydrogen-bond acceptors (Lipinski definition) is 3. The Bertz CT molecular complexity index is 605. The van der Waals surface area contributed by atoms with Gasteiger partial charge in [0.25, 0.3) is 0 Å². The van der Waals surface area contributed by atoms with Crippen LogP contribution >= 0.6 is 0 Å². The molecule has 2 N–H and O–H groups in total. The Kier molecular flexibility index (Phi) is 5.44. The van der Waals surface area contributed by atoms with Gasteiger partial charge in [0.1, 0.15) is 5.75 Å². The van der Waals surface area contributed by atoms with E-state index in [4.69, 9.17) is 0 Å². The maximum Gasteiger partial charge on any atom is 0.128 e. The minimum absolute atomic E-state index is 0.000637. The Hall–Kier alpha value is -1.35. The maximum atomic E-state index is 10.8. The van der Waals surface area contributed by atoms with Crippen molar-refractivity contribution in [2.75, 3.05) is 0 Å². The van der Waals surface area contributed by atoms with Crippen molar-refractivity contribution in [3.8, 4) is 5.75 Å². The van der Waals surface area contributed by atoms with E-state index in [1.54, 1.807) is 6.21 Å². The monoisotopic (exact) mass is 331 g/mol. The van der Waals surface area contributed by atoms with Gasteiger partial charge < -0.3 is 10.2 Å². The van der Waals surface area contributed by atoms with E-state index in [1.165, 1.54) is 5.56 Å². The minimum atomic E-state index is -0.356. The zero-order valence-electron chi connectivity index (χ0n) is 16.1. The highest BCUT2D eigenvalue weighted by Gasteiger charge is 2.25. The van der Waals surface area contributed by atoms with Crippen LogP contribution in [0.5, 0.6) is 5.75 Å². The average Bonchev–Trinajstić information content (AvgIpc) is 2.45. The molecule has 2 atom stereocenters. The first-order valence-corrected chi connectivity index (χ1v) is 9.09. The molecule has 0 spiro atoms. The number of phenols is 1. The molecule has 3 nitrogen and oxygen atoms in total. The molecular formula is C21H33NO2. The molecule has 1 aliphatic rings. The van der Waals surface area contributed by atoms with Gasteiger partial charge in [0.15, 0.2) is 0 Å². The molecule has 0 unspecified atom stereocenters. The van der Waals surface area contributed by atoms with E-state index in [1.807, 2.05) is 6.07 Å². The Morgan fingerprint density at radius 3 is 2.17 bits per heavy atom. The summed E-state index contributed by atoms with van der Waals surface area (Å²) >= 11 is 0. The van der Waals surface area contributed by atoms with Crippen LogP contribution in [0.3, 0.4) is 0 Å². The zero-order valence-corrected chi connectivity index (χ0v) is 16.1. The van der Waals surface area contributed by atoms with Gasteiger partial charge in [-0.25, -0.2) is 0 Å². The first-order valence-electron chi connectivity index (χ1n) is 9.09. The Labute approximate surface area is 146 Å². The fourth-order valence-corrected chi connectivity index (χ4v) is 3.20. The summed E-state index contributed by atoms with van der Waals surface area (Å²) in [6, 6.07) is 4.10. The number of aromatic hydroxyl groups is 1. The Balaban J connectivity index is 2.44. The second-order valence-corrected chi connectivity index (χ2v) is 9.16. The van der Waals surface area contributed by atoms with Crippen LogP contribution < -0.4 is 0 Å². The summed E-state index contributed by atoms with van der Waals surface area (Å²) in [7, 11) is 0. The number of aliphatic hydroxyl groups excluding tert-OH is 1. The lowest BCUT2D eigenvalue weighted by Crippen LogP contribution is -2.28. The highest BCUT2D eigenvalue weighted by Crippen LogP contribution is 2.37. The predicted octanol–water partition coefficient (Wildman–Crippen LogP) is 4.71. The molecule has 2 rings (SSSR count). The number of nitrogens with zero attached hydrogens (tertiary/aromatic N) is 1. The summed E-state index contributed by atoms with van der Waals surface area (Å²) in [6.45, 7) is 12.9. The summed E-state index contributed by atoms with van der Waals surface area (Å²) in [5.74, 6) is 0.310. The lowest BCUT2D eigenvalue weighted by atomic mass is 9.79. The predicted molar refractivity (Wildman–Crippen MR) is 101 cm³/mol. The molecule has 1 aliphatic carbocycles. The van der Waals surface area contributed by atoms with Crippen molar-refractivity contribution in [3.05, 3.63) is 28.8 Å². The lowest BCUT2D eigenvalue weighted by molar-refractivity contribution is 0.110. The first-order chi connectivity index (χ1) is 11.0. The molecule has 134 valence electrons. The van der Waals surface area contributed by atoms with Crippen molar-refractivity contribution in [3.63, 3.8) is 0 Å². The van der Waals surface area contributed by atoms with Gasteiger partial charge in [0.2, 0.25) is 0 Å². The van der Waals surface area contributed by atoms with E-state index in [-0.39, 0.29) is 23.0 Å². The lowest BCUT2D eigenvalue weighted by Gasteiger charge is -2.27. The summed E-state index contributed by atoms with van der Waals surface area (Å²) < 4.78 is 0. The van der Waals surface area contributed by atoms with Gasteiger partial charge in [-0.15, -0.1) is 0 Å². The molecule has 0 aromatic heterocycles. The summed E-state index contributed by atoms with van der Waals surface area (Å²) in [5.41, 5.74) is 2.75. The van der Waals surface area contributed by atoms with E-state index >= 15 is 0 Å². The number of hydrogen-bond donors (Lipinski definition) is 2. The molecule has 0 amide bonds. The highest BCUT2D eigenvalue weighted by atomic mass is 16.3. The van der Waals surface area contributed by atoms with Crippen molar-refractivity contribution < 1.29 is 10.2 Å². The van der Waals surface area contributed by atoms with Crippen LogP contribution in [0.1, 0.15) is 83.9 Å². The topological polar surface area (TPSA) is 52.8 Å². The second kappa shape index (κ2) is 6.87. The minimum Gasteiger partial charge on any atom is -0.507 e. The van der Waals surface area contributed by atoms with Crippen LogP contribution in [0.2, 0.25) is 0 Å². The summed E-state index contributed by atoms with van der Waals surface area (Å²) in [6.07, 6.45) is 5.34. The largest absolute Gasteiger partial charge is 0.507 e. The van der Waals surface area contributed by atoms with Gasteiger partial charge in [-0.3, -0.25) is 4.99 Å². The molecule has 0 radical (unpaired) electrons. The van der Waals surface area contributed by atoms with Crippen molar-refractivity contribution in [2.24, 2.45) is 4.99 Å². The van der Waals surface area contributed by atoms with Crippen LogP contribution in [-0.2, 0) is 10.8 Å². The average molecular weight is 332 g/mol. The Morgan fingerprint density at radius 2 is 1.62 bits per heavy atom. The van der Waals surface area contributed by atoms with Gasteiger partial charge >= 0.3 is 0 Å². The Morgan fingerprint density at radius 1 is 1.00 bits per heavy atom. The van der Waals surface area contributed by atoms with E-state index < -0.39 is 0 Å². The molecule has 1 fully saturated rings. The third kappa shape index (κ3) is 4.38. The van der Waals surface area contributed by atoms with Crippen molar-refractivity contribution in [1.82, 2.24) is 0 Å². The third-order valence-corrected chi connectivity index (χ3v) is 4.91. The van der Waals surface area contributed by atoms with E-state index in [9.17, 15) is 10.2 Å². The number of aliphatic hydroxyl groups is 1. The van der Waals surface area contributed by atoms with Crippen LogP contribution in [0.4, 0.5) is 0 Å². The standard InChI is InChI=1S/C21H33NO2/c1-20(2,3)15-11-14(19(24)16(12-15)21(4,5)6)13-22-17-9-7-8-10-18(17)23/h11-13,17-18,23-24H,7-10H2,1-6H3/t17-,18+/m0/s1. The van der Waals surface area contributed by atoms with Crippen LogP contribution in [0, 0.1) is 0 Å². The third-order valence-electron chi connectivity index (χ3n) is 4.91. The normalized spacial score (nSPS) is 23.0. The van der Waals surface area contributed by atoms with E-state index in [0.717, 1.165) is 36.8 Å². The molecule has 24 heavy (non-hydrogen) atoms. The van der Waals surface area contributed by atoms with E-state index in [0.29, 0.717) is 5.75 Å². The molecule has 0 aliphatic heterocycles. The van der Waals surface area contributed by atoms with Gasteiger partial charge in [-0.1, -0.05) is 60.5 Å². The summed E-state index contributed by atoms with van der Waals surface area (Å²) in [5, 5.41) is 20.9. The number of phenolic OH excluding ortho intramolecular Hbond substituents is 1. The number of aliphatic imine (C=N–C) groups is 1.